The molecule has 0 saturated carbocycles. The van der Waals surface area contributed by atoms with E-state index in [4.69, 9.17) is 9.25 Å². The third-order valence-corrected chi connectivity index (χ3v) is 2.25. The fraction of sp³-hybridized carbons (Fsp3) is 0.500. The summed E-state index contributed by atoms with van der Waals surface area (Å²) >= 11 is 0. The molecule has 0 spiro atoms. The van der Waals surface area contributed by atoms with Gasteiger partial charge in [0.2, 0.25) is 0 Å². The lowest BCUT2D eigenvalue weighted by atomic mass is 10.2. The number of aryl methyl sites for hydroxylation is 2. The van der Waals surface area contributed by atoms with E-state index in [-0.39, 0.29) is 5.91 Å². The third-order valence-electron chi connectivity index (χ3n) is 2.25. The Morgan fingerprint density at radius 1 is 1.50 bits per heavy atom. The quantitative estimate of drug-likeness (QED) is 0.684. The molecule has 2 rings (SSSR count). The molecule has 1 aliphatic rings. The van der Waals surface area contributed by atoms with Crippen molar-refractivity contribution in [1.29, 1.82) is 0 Å². The summed E-state index contributed by atoms with van der Waals surface area (Å²) in [4.78, 5) is 17.0. The van der Waals surface area contributed by atoms with Gasteiger partial charge in [0.1, 0.15) is 11.5 Å². The molecule has 14 heavy (non-hydrogen) atoms. The van der Waals surface area contributed by atoms with E-state index < -0.39 is 0 Å². The molecule has 76 valence electrons. The predicted octanol–water partition coefficient (Wildman–Crippen LogP) is 1.67. The second-order valence-electron chi connectivity index (χ2n) is 3.42. The first-order chi connectivity index (χ1) is 6.68. The zero-order valence-electron chi connectivity index (χ0n) is 8.37. The van der Waals surface area contributed by atoms with E-state index in [1.54, 1.807) is 13.0 Å². The highest BCUT2D eigenvalue weighted by Crippen LogP contribution is 2.18. The second kappa shape index (κ2) is 3.46. The lowest BCUT2D eigenvalue weighted by Gasteiger charge is -2.12. The van der Waals surface area contributed by atoms with Gasteiger partial charge in [-0.25, -0.2) is 5.06 Å². The summed E-state index contributed by atoms with van der Waals surface area (Å²) in [6.07, 6.45) is 0.904. The van der Waals surface area contributed by atoms with Crippen LogP contribution in [0.25, 0.3) is 0 Å². The van der Waals surface area contributed by atoms with E-state index in [0.717, 1.165) is 12.2 Å². The molecule has 0 N–H and O–H groups in total. The van der Waals surface area contributed by atoms with Crippen molar-refractivity contribution in [3.63, 3.8) is 0 Å². The highest BCUT2D eigenvalue weighted by Gasteiger charge is 2.23. The van der Waals surface area contributed by atoms with Crippen LogP contribution in [-0.4, -0.2) is 24.1 Å². The van der Waals surface area contributed by atoms with Crippen molar-refractivity contribution in [3.05, 3.63) is 23.2 Å². The van der Waals surface area contributed by atoms with Crippen molar-refractivity contribution in [3.8, 4) is 0 Å². The van der Waals surface area contributed by atoms with E-state index in [9.17, 15) is 4.79 Å². The molecule has 0 unspecified atom stereocenters. The van der Waals surface area contributed by atoms with E-state index in [2.05, 4.69) is 0 Å². The third kappa shape index (κ3) is 1.53. The second-order valence-corrected chi connectivity index (χ2v) is 3.42. The first kappa shape index (κ1) is 9.27. The molecular formula is C10H13NO3. The Kier molecular flexibility index (Phi) is 2.29. The maximum absolute atomic E-state index is 11.8. The minimum atomic E-state index is -0.100. The van der Waals surface area contributed by atoms with E-state index >= 15 is 0 Å². The molecule has 1 aromatic rings. The summed E-state index contributed by atoms with van der Waals surface area (Å²) in [6, 6.07) is 1.75. The van der Waals surface area contributed by atoms with Gasteiger partial charge < -0.3 is 4.42 Å². The Morgan fingerprint density at radius 3 is 2.79 bits per heavy atom. The summed E-state index contributed by atoms with van der Waals surface area (Å²) < 4.78 is 5.29. The number of carbonyl (C=O) groups is 1. The van der Waals surface area contributed by atoms with Crippen molar-refractivity contribution >= 4 is 5.91 Å². The molecular weight excluding hydrogens is 182 g/mol. The highest BCUT2D eigenvalue weighted by molar-refractivity contribution is 5.94. The van der Waals surface area contributed by atoms with Crippen LogP contribution < -0.4 is 0 Å². The lowest BCUT2D eigenvalue weighted by Crippen LogP contribution is -2.26. The van der Waals surface area contributed by atoms with Gasteiger partial charge in [-0.15, -0.1) is 0 Å². The normalized spacial score (nSPS) is 16.3. The van der Waals surface area contributed by atoms with Crippen LogP contribution in [0.4, 0.5) is 0 Å². The first-order valence-corrected chi connectivity index (χ1v) is 4.70. The molecule has 1 aliphatic heterocycles. The molecule has 0 bridgehead atoms. The zero-order chi connectivity index (χ0) is 10.1. The number of nitrogens with zero attached hydrogens (tertiary/aromatic N) is 1. The fourth-order valence-electron chi connectivity index (χ4n) is 1.59. The maximum Gasteiger partial charge on any atom is 0.280 e. The maximum atomic E-state index is 11.8. The number of carbonyl (C=O) groups excluding carboxylic acids is 1. The predicted molar refractivity (Wildman–Crippen MR) is 49.8 cm³/mol. The summed E-state index contributed by atoms with van der Waals surface area (Å²) in [6.45, 7) is 4.91. The number of amides is 1. The Hall–Kier alpha value is -1.29. The molecule has 0 aliphatic carbocycles. The van der Waals surface area contributed by atoms with Crippen LogP contribution >= 0.6 is 0 Å². The smallest absolute Gasteiger partial charge is 0.280 e. The lowest BCUT2D eigenvalue weighted by molar-refractivity contribution is -0.0769. The number of hydrogen-bond acceptors (Lipinski definition) is 3. The number of furan rings is 1. The molecule has 1 fully saturated rings. The van der Waals surface area contributed by atoms with Crippen molar-refractivity contribution in [2.75, 3.05) is 13.2 Å². The van der Waals surface area contributed by atoms with Crippen LogP contribution in [0.2, 0.25) is 0 Å². The van der Waals surface area contributed by atoms with Gasteiger partial charge in [-0.1, -0.05) is 0 Å². The van der Waals surface area contributed by atoms with Crippen LogP contribution in [0.1, 0.15) is 28.3 Å². The minimum absolute atomic E-state index is 0.100. The largest absolute Gasteiger partial charge is 0.466 e. The summed E-state index contributed by atoms with van der Waals surface area (Å²) in [5.41, 5.74) is 0.601. The monoisotopic (exact) mass is 195 g/mol. The number of hydrogen-bond donors (Lipinski definition) is 0. The molecule has 0 aromatic carbocycles. The fourth-order valence-corrected chi connectivity index (χ4v) is 1.59. The SMILES string of the molecule is Cc1cc(C(=O)N2CCCO2)c(C)o1. The van der Waals surface area contributed by atoms with Gasteiger partial charge in [0, 0.05) is 0 Å². The van der Waals surface area contributed by atoms with Crippen LogP contribution in [-0.2, 0) is 4.84 Å². The van der Waals surface area contributed by atoms with Gasteiger partial charge in [0.05, 0.1) is 18.7 Å². The summed E-state index contributed by atoms with van der Waals surface area (Å²) in [7, 11) is 0. The van der Waals surface area contributed by atoms with Gasteiger partial charge in [-0.05, 0) is 26.3 Å². The average Bonchev–Trinajstić information content (AvgIpc) is 2.73. The minimum Gasteiger partial charge on any atom is -0.466 e. The Morgan fingerprint density at radius 2 is 2.29 bits per heavy atom. The van der Waals surface area contributed by atoms with Crippen LogP contribution in [0.5, 0.6) is 0 Å². The van der Waals surface area contributed by atoms with Gasteiger partial charge in [-0.3, -0.25) is 9.63 Å². The first-order valence-electron chi connectivity index (χ1n) is 4.70. The van der Waals surface area contributed by atoms with Gasteiger partial charge >= 0.3 is 0 Å². The van der Waals surface area contributed by atoms with E-state index in [1.807, 2.05) is 6.92 Å². The Balaban J connectivity index is 2.21. The molecule has 4 nitrogen and oxygen atoms in total. The number of hydroxylamine groups is 2. The van der Waals surface area contributed by atoms with Crippen LogP contribution in [0, 0.1) is 13.8 Å². The standard InChI is InChI=1S/C10H13NO3/c1-7-6-9(8(2)14-7)10(12)11-4-3-5-13-11/h6H,3-5H2,1-2H3. The van der Waals surface area contributed by atoms with Crippen LogP contribution in [0.15, 0.2) is 10.5 Å². The van der Waals surface area contributed by atoms with Gasteiger partial charge in [0.25, 0.3) is 5.91 Å². The molecule has 2 heterocycles. The molecule has 0 radical (unpaired) electrons. The van der Waals surface area contributed by atoms with E-state index in [1.165, 1.54) is 5.06 Å². The van der Waals surface area contributed by atoms with Crippen molar-refractivity contribution in [2.45, 2.75) is 20.3 Å². The van der Waals surface area contributed by atoms with Crippen LogP contribution in [0.3, 0.4) is 0 Å². The number of rotatable bonds is 1. The summed E-state index contributed by atoms with van der Waals surface area (Å²) in [5, 5.41) is 1.40. The molecule has 1 aromatic heterocycles. The Bertz CT molecular complexity index is 350. The average molecular weight is 195 g/mol. The van der Waals surface area contributed by atoms with Crippen molar-refractivity contribution in [2.24, 2.45) is 0 Å². The molecule has 0 atom stereocenters. The van der Waals surface area contributed by atoms with Gasteiger partial charge in [0.15, 0.2) is 0 Å². The van der Waals surface area contributed by atoms with E-state index in [0.29, 0.717) is 24.5 Å². The van der Waals surface area contributed by atoms with Crippen molar-refractivity contribution < 1.29 is 14.0 Å². The zero-order valence-corrected chi connectivity index (χ0v) is 8.37. The topological polar surface area (TPSA) is 42.7 Å². The molecule has 1 amide bonds. The molecule has 1 saturated heterocycles. The summed E-state index contributed by atoms with van der Waals surface area (Å²) in [5.74, 6) is 1.31. The molecule has 4 heteroatoms. The Labute approximate surface area is 82.4 Å². The van der Waals surface area contributed by atoms with Gasteiger partial charge in [-0.2, -0.15) is 0 Å². The van der Waals surface area contributed by atoms with Crippen molar-refractivity contribution in [1.82, 2.24) is 5.06 Å². The highest BCUT2D eigenvalue weighted by atomic mass is 16.7.